The van der Waals surface area contributed by atoms with Gasteiger partial charge in [-0.3, -0.25) is 19.2 Å². The van der Waals surface area contributed by atoms with Crippen LogP contribution in [0.5, 0.6) is 11.5 Å². The smallest absolute Gasteiger partial charge is 0.332 e. The molecule has 2 heterocycles. The third-order valence-corrected chi connectivity index (χ3v) is 6.65. The van der Waals surface area contributed by atoms with Crippen molar-refractivity contribution in [2.75, 3.05) is 20.5 Å². The molecular formula is C31H38N2O11. The van der Waals surface area contributed by atoms with Crippen LogP contribution in [0.2, 0.25) is 0 Å². The van der Waals surface area contributed by atoms with Gasteiger partial charge in [0.1, 0.15) is 18.6 Å². The van der Waals surface area contributed by atoms with E-state index in [-0.39, 0.29) is 23.6 Å². The Labute approximate surface area is 255 Å². The van der Waals surface area contributed by atoms with Crippen molar-refractivity contribution in [3.63, 3.8) is 0 Å². The SMILES string of the molecule is COc1ccnc(C(=O)NC2COC(=O)[C@H](Cc3ccccc3)[C@@H](OC(=O)C(C)C)[C@H](C)OC2=O)c1OCOC(=O)C(C)C. The number of nitrogens with zero attached hydrogens (tertiary/aromatic N) is 1. The molecule has 1 aliphatic rings. The van der Waals surface area contributed by atoms with Crippen LogP contribution in [0.15, 0.2) is 42.6 Å². The predicted octanol–water partition coefficient (Wildman–Crippen LogP) is 2.64. The van der Waals surface area contributed by atoms with Crippen LogP contribution in [0.1, 0.15) is 50.7 Å². The number of hydrogen-bond donors (Lipinski definition) is 1. The lowest BCUT2D eigenvalue weighted by molar-refractivity contribution is -0.176. The van der Waals surface area contributed by atoms with Crippen LogP contribution >= 0.6 is 0 Å². The van der Waals surface area contributed by atoms with E-state index in [0.717, 1.165) is 5.56 Å². The van der Waals surface area contributed by atoms with E-state index in [0.29, 0.717) is 0 Å². The maximum absolute atomic E-state index is 13.4. The molecule has 1 aliphatic heterocycles. The van der Waals surface area contributed by atoms with Gasteiger partial charge in [-0.2, -0.15) is 0 Å². The Morgan fingerprint density at radius 2 is 1.68 bits per heavy atom. The number of benzene rings is 1. The van der Waals surface area contributed by atoms with Crippen molar-refractivity contribution >= 4 is 29.8 Å². The molecule has 0 saturated carbocycles. The summed E-state index contributed by atoms with van der Waals surface area (Å²) in [5.74, 6) is -5.61. The van der Waals surface area contributed by atoms with Crippen molar-refractivity contribution in [1.29, 1.82) is 0 Å². The number of nitrogens with one attached hydrogen (secondary N) is 1. The summed E-state index contributed by atoms with van der Waals surface area (Å²) in [6.45, 7) is 6.98. The molecule has 1 N–H and O–H groups in total. The van der Waals surface area contributed by atoms with E-state index in [9.17, 15) is 24.0 Å². The van der Waals surface area contributed by atoms with E-state index in [4.69, 9.17) is 28.4 Å². The summed E-state index contributed by atoms with van der Waals surface area (Å²) in [7, 11) is 1.34. The number of amides is 1. The quantitative estimate of drug-likeness (QED) is 0.224. The van der Waals surface area contributed by atoms with Gasteiger partial charge in [0.15, 0.2) is 29.3 Å². The fraction of sp³-hybridized carbons (Fsp3) is 0.484. The minimum Gasteiger partial charge on any atom is -0.493 e. The predicted molar refractivity (Wildman–Crippen MR) is 153 cm³/mol. The van der Waals surface area contributed by atoms with E-state index in [2.05, 4.69) is 10.3 Å². The Bertz CT molecular complexity index is 1330. The number of hydrogen-bond acceptors (Lipinski definition) is 12. The van der Waals surface area contributed by atoms with Crippen LogP contribution in [-0.2, 0) is 44.5 Å². The van der Waals surface area contributed by atoms with E-state index < -0.39 is 79.2 Å². The van der Waals surface area contributed by atoms with Gasteiger partial charge in [0, 0.05) is 12.3 Å². The van der Waals surface area contributed by atoms with Crippen LogP contribution < -0.4 is 14.8 Å². The molecule has 1 unspecified atom stereocenters. The molecule has 0 bridgehead atoms. The Kier molecular flexibility index (Phi) is 12.1. The second-order valence-corrected chi connectivity index (χ2v) is 10.7. The topological polar surface area (TPSA) is 166 Å². The molecule has 0 radical (unpaired) electrons. The fourth-order valence-electron chi connectivity index (χ4n) is 4.18. The zero-order chi connectivity index (χ0) is 32.4. The third-order valence-electron chi connectivity index (χ3n) is 6.65. The first kappa shape index (κ1) is 33.8. The summed E-state index contributed by atoms with van der Waals surface area (Å²) in [6, 6.07) is 9.03. The molecule has 44 heavy (non-hydrogen) atoms. The van der Waals surface area contributed by atoms with Crippen molar-refractivity contribution in [3.05, 3.63) is 53.9 Å². The largest absolute Gasteiger partial charge is 0.493 e. The van der Waals surface area contributed by atoms with Gasteiger partial charge >= 0.3 is 23.9 Å². The molecule has 3 rings (SSSR count). The first-order valence-electron chi connectivity index (χ1n) is 14.2. The molecule has 13 heteroatoms. The van der Waals surface area contributed by atoms with Gasteiger partial charge in [0.25, 0.3) is 5.91 Å². The summed E-state index contributed by atoms with van der Waals surface area (Å²) in [6.07, 6.45) is -0.811. The van der Waals surface area contributed by atoms with Crippen molar-refractivity contribution in [2.24, 2.45) is 17.8 Å². The van der Waals surface area contributed by atoms with Gasteiger partial charge in [-0.25, -0.2) is 9.78 Å². The number of ether oxygens (including phenoxy) is 6. The number of rotatable bonds is 11. The van der Waals surface area contributed by atoms with E-state index >= 15 is 0 Å². The average molecular weight is 615 g/mol. The first-order valence-corrected chi connectivity index (χ1v) is 14.2. The minimum atomic E-state index is -1.45. The number of carbonyl (C=O) groups excluding carboxylic acids is 5. The molecule has 1 aromatic carbocycles. The summed E-state index contributed by atoms with van der Waals surface area (Å²) in [5.41, 5.74) is 0.487. The number of aromatic nitrogens is 1. The Hall–Kier alpha value is -4.68. The zero-order valence-electron chi connectivity index (χ0n) is 25.6. The highest BCUT2D eigenvalue weighted by Crippen LogP contribution is 2.30. The zero-order valence-corrected chi connectivity index (χ0v) is 25.6. The fourth-order valence-corrected chi connectivity index (χ4v) is 4.18. The first-order chi connectivity index (χ1) is 20.9. The number of cyclic esters (lactones) is 2. The molecular weight excluding hydrogens is 576 g/mol. The monoisotopic (exact) mass is 614 g/mol. The molecule has 4 atom stereocenters. The van der Waals surface area contributed by atoms with Crippen molar-refractivity contribution < 1.29 is 52.4 Å². The normalized spacial score (nSPS) is 20.4. The van der Waals surface area contributed by atoms with Gasteiger partial charge in [-0.1, -0.05) is 58.0 Å². The maximum Gasteiger partial charge on any atom is 0.332 e. The van der Waals surface area contributed by atoms with Crippen LogP contribution in [0.4, 0.5) is 0 Å². The molecule has 2 aromatic rings. The molecule has 1 amide bonds. The second kappa shape index (κ2) is 15.7. The summed E-state index contributed by atoms with van der Waals surface area (Å²) < 4.78 is 32.6. The summed E-state index contributed by atoms with van der Waals surface area (Å²) >= 11 is 0. The van der Waals surface area contributed by atoms with Crippen LogP contribution in [0.25, 0.3) is 0 Å². The minimum absolute atomic E-state index is 0.112. The Morgan fingerprint density at radius 3 is 2.32 bits per heavy atom. The molecule has 0 aliphatic carbocycles. The lowest BCUT2D eigenvalue weighted by Gasteiger charge is -2.29. The number of esters is 4. The van der Waals surface area contributed by atoms with Crippen molar-refractivity contribution in [1.82, 2.24) is 10.3 Å². The highest BCUT2D eigenvalue weighted by molar-refractivity contribution is 5.98. The molecule has 238 valence electrons. The van der Waals surface area contributed by atoms with E-state index in [1.807, 2.05) is 18.2 Å². The highest BCUT2D eigenvalue weighted by atomic mass is 16.7. The number of methoxy groups -OCH3 is 1. The maximum atomic E-state index is 13.4. The summed E-state index contributed by atoms with van der Waals surface area (Å²) in [4.78, 5) is 68.5. The number of pyridine rings is 1. The highest BCUT2D eigenvalue weighted by Gasteiger charge is 2.42. The van der Waals surface area contributed by atoms with Crippen LogP contribution in [0.3, 0.4) is 0 Å². The van der Waals surface area contributed by atoms with Crippen LogP contribution in [0, 0.1) is 17.8 Å². The molecule has 0 spiro atoms. The molecule has 13 nitrogen and oxygen atoms in total. The standard InChI is InChI=1S/C31H38N2O11/c1-17(2)28(35)42-16-41-26-23(39-6)12-13-32-24(26)27(34)33-22-15-40-30(37)21(14-20-10-8-7-9-11-20)25(19(5)43-31(22)38)44-29(36)18(3)4/h7-13,17-19,21-22,25H,14-16H2,1-6H3,(H,33,34)/t19-,21+,22?,25-/m0/s1. The Morgan fingerprint density at radius 1 is 1.00 bits per heavy atom. The summed E-state index contributed by atoms with van der Waals surface area (Å²) in [5, 5.41) is 2.46. The van der Waals surface area contributed by atoms with Crippen molar-refractivity contribution in [3.8, 4) is 11.5 Å². The van der Waals surface area contributed by atoms with Gasteiger partial charge in [-0.15, -0.1) is 0 Å². The molecule has 1 fully saturated rings. The Balaban J connectivity index is 1.85. The van der Waals surface area contributed by atoms with Crippen LogP contribution in [-0.4, -0.2) is 73.5 Å². The molecule has 1 saturated heterocycles. The van der Waals surface area contributed by atoms with E-state index in [1.54, 1.807) is 39.8 Å². The third kappa shape index (κ3) is 8.91. The van der Waals surface area contributed by atoms with Gasteiger partial charge in [-0.05, 0) is 18.9 Å². The number of carbonyl (C=O) groups is 5. The average Bonchev–Trinajstić information content (AvgIpc) is 3.03. The lowest BCUT2D eigenvalue weighted by Crippen LogP contribution is -2.47. The lowest BCUT2D eigenvalue weighted by atomic mass is 9.91. The van der Waals surface area contributed by atoms with Gasteiger partial charge < -0.3 is 33.7 Å². The van der Waals surface area contributed by atoms with Gasteiger partial charge in [0.05, 0.1) is 18.9 Å². The van der Waals surface area contributed by atoms with Crippen molar-refractivity contribution in [2.45, 2.75) is 59.3 Å². The second-order valence-electron chi connectivity index (χ2n) is 10.7. The molecule has 1 aromatic heterocycles. The van der Waals surface area contributed by atoms with E-state index in [1.165, 1.54) is 26.3 Å². The van der Waals surface area contributed by atoms with Gasteiger partial charge in [0.2, 0.25) is 6.79 Å².